The molecule has 8 heteroatoms. The normalized spacial score (nSPS) is 49.3. The lowest BCUT2D eigenvalue weighted by Gasteiger charge is -2.42. The van der Waals surface area contributed by atoms with Gasteiger partial charge in [0.25, 0.3) is 0 Å². The molecule has 4 unspecified atom stereocenters. The van der Waals surface area contributed by atoms with E-state index in [0.29, 0.717) is 25.9 Å². The number of likely N-dealkylation sites (tertiary alicyclic amines) is 1. The van der Waals surface area contributed by atoms with Crippen molar-refractivity contribution in [2.24, 2.45) is 11.8 Å². The van der Waals surface area contributed by atoms with E-state index in [9.17, 15) is 13.2 Å². The SMILES string of the molecule is [2H]C1C([2H])[C@]([2H])(C(C)C)C([2H])C([2H])[C@]1([2H])OC[C@H]1[C@@H](NS(C)(=O)=O)CCCN1C(=O)NCC. The van der Waals surface area contributed by atoms with Crippen LogP contribution in [0.3, 0.4) is 0 Å². The highest BCUT2D eigenvalue weighted by atomic mass is 32.2. The molecule has 2 aliphatic rings. The molecule has 2 amide bonds. The number of hydrogen-bond acceptors (Lipinski definition) is 4. The lowest BCUT2D eigenvalue weighted by Crippen LogP contribution is -2.60. The third-order valence-corrected chi connectivity index (χ3v) is 5.43. The number of sulfonamides is 1. The van der Waals surface area contributed by atoms with Gasteiger partial charge in [-0.25, -0.2) is 17.9 Å². The summed E-state index contributed by atoms with van der Waals surface area (Å²) in [5.74, 6) is -2.17. The van der Waals surface area contributed by atoms with Crippen LogP contribution in [0.15, 0.2) is 0 Å². The third kappa shape index (κ3) is 6.91. The lowest BCUT2D eigenvalue weighted by molar-refractivity contribution is -0.0240. The van der Waals surface area contributed by atoms with Gasteiger partial charge in [-0.3, -0.25) is 0 Å². The topological polar surface area (TPSA) is 87.7 Å². The Kier molecular flexibility index (Phi) is 5.61. The lowest BCUT2D eigenvalue weighted by atomic mass is 9.80. The smallest absolute Gasteiger partial charge is 0.317 e. The first-order chi connectivity index (χ1) is 15.1. The molecule has 27 heavy (non-hydrogen) atoms. The van der Waals surface area contributed by atoms with Gasteiger partial charge in [-0.2, -0.15) is 0 Å². The average Bonchev–Trinajstić information content (AvgIpc) is 2.73. The summed E-state index contributed by atoms with van der Waals surface area (Å²) in [7, 11) is -3.61. The van der Waals surface area contributed by atoms with Gasteiger partial charge in [-0.05, 0) is 57.2 Å². The summed E-state index contributed by atoms with van der Waals surface area (Å²) >= 11 is 0. The first kappa shape index (κ1) is 15.0. The fraction of sp³-hybridized carbons (Fsp3) is 0.947. The number of rotatable bonds is 7. The molecule has 0 bridgehead atoms. The van der Waals surface area contributed by atoms with Crippen LogP contribution in [-0.2, 0) is 14.8 Å². The van der Waals surface area contributed by atoms with Gasteiger partial charge in [-0.1, -0.05) is 13.8 Å². The van der Waals surface area contributed by atoms with Crippen molar-refractivity contribution in [1.82, 2.24) is 14.9 Å². The van der Waals surface area contributed by atoms with Gasteiger partial charge in [-0.15, -0.1) is 0 Å². The second-order valence-corrected chi connectivity index (χ2v) is 9.05. The third-order valence-electron chi connectivity index (χ3n) is 4.70. The van der Waals surface area contributed by atoms with Crippen molar-refractivity contribution in [2.45, 2.75) is 77.4 Å². The second-order valence-electron chi connectivity index (χ2n) is 7.27. The van der Waals surface area contributed by atoms with Crippen LogP contribution >= 0.6 is 0 Å². The van der Waals surface area contributed by atoms with Crippen LogP contribution in [0.25, 0.3) is 0 Å². The summed E-state index contributed by atoms with van der Waals surface area (Å²) < 4.78 is 83.3. The number of nitrogens with zero attached hydrogens (tertiary/aromatic N) is 1. The van der Waals surface area contributed by atoms with Crippen molar-refractivity contribution < 1.29 is 26.2 Å². The van der Waals surface area contributed by atoms with E-state index in [-0.39, 0.29) is 6.61 Å². The Bertz CT molecular complexity index is 788. The van der Waals surface area contributed by atoms with Crippen molar-refractivity contribution in [1.29, 1.82) is 0 Å². The maximum atomic E-state index is 12.6. The monoisotopic (exact) mass is 409 g/mol. The maximum absolute atomic E-state index is 12.6. The molecule has 0 aromatic heterocycles. The molecular formula is C19H37N3O4S. The minimum atomic E-state index is -3.61. The molecule has 0 aromatic rings. The van der Waals surface area contributed by atoms with Crippen molar-refractivity contribution in [3.8, 4) is 0 Å². The van der Waals surface area contributed by atoms with E-state index in [0.717, 1.165) is 6.26 Å². The van der Waals surface area contributed by atoms with Crippen LogP contribution in [0.2, 0.25) is 0 Å². The van der Waals surface area contributed by atoms with E-state index in [1.165, 1.54) is 4.90 Å². The highest BCUT2D eigenvalue weighted by Crippen LogP contribution is 2.31. The second kappa shape index (κ2) is 10.1. The largest absolute Gasteiger partial charge is 0.376 e. The predicted molar refractivity (Wildman–Crippen MR) is 107 cm³/mol. The maximum Gasteiger partial charge on any atom is 0.317 e. The molecule has 1 aliphatic carbocycles. The Balaban J connectivity index is 2.33. The minimum absolute atomic E-state index is 0.340. The van der Waals surface area contributed by atoms with Gasteiger partial charge in [0.1, 0.15) is 0 Å². The van der Waals surface area contributed by atoms with Gasteiger partial charge < -0.3 is 15.0 Å². The van der Waals surface area contributed by atoms with E-state index in [4.69, 9.17) is 13.0 Å². The number of carbonyl (C=O) groups excluding carboxylic acids is 1. The molecule has 1 saturated heterocycles. The van der Waals surface area contributed by atoms with Crippen molar-refractivity contribution in [3.05, 3.63) is 0 Å². The molecule has 2 N–H and O–H groups in total. The van der Waals surface area contributed by atoms with Gasteiger partial charge >= 0.3 is 6.03 Å². The zero-order chi connectivity index (χ0) is 25.4. The van der Waals surface area contributed by atoms with Crippen LogP contribution in [0.1, 0.15) is 67.4 Å². The summed E-state index contributed by atoms with van der Waals surface area (Å²) in [4.78, 5) is 14.0. The molecule has 0 aromatic carbocycles. The summed E-state index contributed by atoms with van der Waals surface area (Å²) in [5, 5.41) is 2.68. The van der Waals surface area contributed by atoms with Crippen LogP contribution < -0.4 is 10.0 Å². The Morgan fingerprint density at radius 3 is 2.56 bits per heavy atom. The zero-order valence-corrected chi connectivity index (χ0v) is 17.4. The van der Waals surface area contributed by atoms with Crippen LogP contribution in [-0.4, -0.2) is 63.5 Å². The number of urea groups is 1. The summed E-state index contributed by atoms with van der Waals surface area (Å²) in [6.07, 6.45) is -6.37. The number of nitrogens with one attached hydrogen (secondary N) is 2. The van der Waals surface area contributed by atoms with Crippen LogP contribution in [0.4, 0.5) is 4.79 Å². The number of amides is 2. The standard InChI is InChI=1S/C19H37N3O4S/c1-5-20-19(23)22-12-6-7-17(21-27(4,24)25)18(22)13-26-16-10-8-15(9-11-16)14(2)3/h14-18,21H,5-13H2,1-4H3,(H,20,23)/t15-,16+,17-,18-/m0/s1/i8D,9D,10D,11D,15D,16D/t8?,9?,10?,11?,15-,16+,17-,18-. The summed E-state index contributed by atoms with van der Waals surface area (Å²) in [6, 6.07) is -1.91. The fourth-order valence-electron chi connectivity index (χ4n) is 3.31. The highest BCUT2D eigenvalue weighted by molar-refractivity contribution is 7.88. The van der Waals surface area contributed by atoms with Crippen molar-refractivity contribution in [3.63, 3.8) is 0 Å². The Hall–Kier alpha value is -0.860. The van der Waals surface area contributed by atoms with Crippen LogP contribution in [0, 0.1) is 11.8 Å². The van der Waals surface area contributed by atoms with Crippen molar-refractivity contribution >= 4 is 16.1 Å². The molecule has 1 aliphatic heterocycles. The summed E-state index contributed by atoms with van der Waals surface area (Å²) in [6.45, 7) is 5.45. The predicted octanol–water partition coefficient (Wildman–Crippen LogP) is 2.33. The molecule has 1 saturated carbocycles. The van der Waals surface area contributed by atoms with Gasteiger partial charge in [0, 0.05) is 26.0 Å². The highest BCUT2D eigenvalue weighted by Gasteiger charge is 2.36. The molecule has 6 atom stereocenters. The van der Waals surface area contributed by atoms with Crippen molar-refractivity contribution in [2.75, 3.05) is 26.0 Å². The van der Waals surface area contributed by atoms with E-state index in [1.807, 2.05) is 0 Å². The van der Waals surface area contributed by atoms with E-state index in [1.54, 1.807) is 20.8 Å². The molecule has 158 valence electrons. The Morgan fingerprint density at radius 2 is 2.00 bits per heavy atom. The van der Waals surface area contributed by atoms with E-state index < -0.39 is 71.6 Å². The number of piperidine rings is 1. The number of carbonyl (C=O) groups is 1. The van der Waals surface area contributed by atoms with Crippen LogP contribution in [0.5, 0.6) is 0 Å². The minimum Gasteiger partial charge on any atom is -0.376 e. The molecular weight excluding hydrogens is 366 g/mol. The quantitative estimate of drug-likeness (QED) is 0.675. The Labute approximate surface area is 173 Å². The molecule has 1 heterocycles. The average molecular weight is 410 g/mol. The summed E-state index contributed by atoms with van der Waals surface area (Å²) in [5.41, 5.74) is 0. The zero-order valence-electron chi connectivity index (χ0n) is 22.6. The van der Waals surface area contributed by atoms with Gasteiger partial charge in [0.05, 0.1) is 26.4 Å². The van der Waals surface area contributed by atoms with E-state index >= 15 is 0 Å². The van der Waals surface area contributed by atoms with E-state index in [2.05, 4.69) is 10.0 Å². The van der Waals surface area contributed by atoms with Gasteiger partial charge in [0.2, 0.25) is 10.0 Å². The molecule has 0 radical (unpaired) electrons. The molecule has 2 fully saturated rings. The first-order valence-corrected chi connectivity index (χ1v) is 11.3. The molecule has 2 rings (SSSR count). The number of ether oxygens (including phenoxy) is 1. The fourth-order valence-corrected chi connectivity index (χ4v) is 4.14. The molecule has 7 nitrogen and oxygen atoms in total. The first-order valence-electron chi connectivity index (χ1n) is 12.8. The number of hydrogen-bond donors (Lipinski definition) is 2. The van der Waals surface area contributed by atoms with Gasteiger partial charge in [0.15, 0.2) is 0 Å². The Morgan fingerprint density at radius 1 is 1.33 bits per heavy atom. The molecule has 0 spiro atoms.